The average molecular weight is 376 g/mol. The normalized spacial score (nSPS) is 12.9. The SMILES string of the molecule is CCOC(=O)C(=O)CCCC(OCC(C)(C)CO)c1cc2ccccc2o1. The van der Waals surface area contributed by atoms with Crippen LogP contribution >= 0.6 is 0 Å². The number of carbonyl (C=O) groups excluding carboxylic acids is 2. The largest absolute Gasteiger partial charge is 0.460 e. The molecule has 0 aliphatic heterocycles. The fraction of sp³-hybridized carbons (Fsp3) is 0.524. The van der Waals surface area contributed by atoms with Crippen molar-refractivity contribution in [2.24, 2.45) is 5.41 Å². The maximum Gasteiger partial charge on any atom is 0.374 e. The molecular formula is C21H28O6. The van der Waals surface area contributed by atoms with Crippen molar-refractivity contribution in [3.63, 3.8) is 0 Å². The molecule has 2 rings (SSSR count). The van der Waals surface area contributed by atoms with E-state index in [1.54, 1.807) is 6.92 Å². The highest BCUT2D eigenvalue weighted by atomic mass is 16.5. The fourth-order valence-electron chi connectivity index (χ4n) is 2.60. The number of esters is 1. The lowest BCUT2D eigenvalue weighted by atomic mass is 9.96. The van der Waals surface area contributed by atoms with Gasteiger partial charge in [-0.05, 0) is 31.9 Å². The second-order valence-corrected chi connectivity index (χ2v) is 7.34. The molecule has 0 aliphatic carbocycles. The van der Waals surface area contributed by atoms with E-state index in [0.717, 1.165) is 11.0 Å². The number of rotatable bonds is 11. The van der Waals surface area contributed by atoms with Crippen LogP contribution in [0.4, 0.5) is 0 Å². The van der Waals surface area contributed by atoms with Gasteiger partial charge in [-0.1, -0.05) is 32.0 Å². The first-order chi connectivity index (χ1) is 12.9. The molecule has 1 aromatic heterocycles. The van der Waals surface area contributed by atoms with Crippen LogP contribution in [0.1, 0.15) is 51.9 Å². The highest BCUT2D eigenvalue weighted by Gasteiger charge is 2.24. The number of hydrogen-bond donors (Lipinski definition) is 1. The highest BCUT2D eigenvalue weighted by molar-refractivity contribution is 6.33. The van der Waals surface area contributed by atoms with E-state index in [0.29, 0.717) is 25.2 Å². The van der Waals surface area contributed by atoms with Gasteiger partial charge in [0.1, 0.15) is 17.4 Å². The summed E-state index contributed by atoms with van der Waals surface area (Å²) in [5.74, 6) is -0.649. The van der Waals surface area contributed by atoms with Crippen molar-refractivity contribution in [2.75, 3.05) is 19.8 Å². The van der Waals surface area contributed by atoms with Crippen molar-refractivity contribution >= 4 is 22.7 Å². The molecule has 1 unspecified atom stereocenters. The minimum atomic E-state index is -0.792. The summed E-state index contributed by atoms with van der Waals surface area (Å²) < 4.78 is 16.7. The Morgan fingerprint density at radius 1 is 1.26 bits per heavy atom. The van der Waals surface area contributed by atoms with Crippen LogP contribution in [0.2, 0.25) is 0 Å². The Balaban J connectivity index is 2.05. The van der Waals surface area contributed by atoms with Crippen LogP contribution in [0.25, 0.3) is 11.0 Å². The molecule has 0 saturated heterocycles. The van der Waals surface area contributed by atoms with E-state index in [2.05, 4.69) is 0 Å². The molecule has 6 nitrogen and oxygen atoms in total. The van der Waals surface area contributed by atoms with Crippen LogP contribution in [0.3, 0.4) is 0 Å². The maximum absolute atomic E-state index is 11.8. The monoisotopic (exact) mass is 376 g/mol. The van der Waals surface area contributed by atoms with Crippen LogP contribution in [0.5, 0.6) is 0 Å². The van der Waals surface area contributed by atoms with Crippen LogP contribution in [-0.4, -0.2) is 36.7 Å². The van der Waals surface area contributed by atoms with Crippen molar-refractivity contribution < 1.29 is 28.6 Å². The second-order valence-electron chi connectivity index (χ2n) is 7.34. The first-order valence-corrected chi connectivity index (χ1v) is 9.27. The predicted octanol–water partition coefficient (Wildman–Crippen LogP) is 3.81. The quantitative estimate of drug-likeness (QED) is 0.474. The van der Waals surface area contributed by atoms with E-state index in [4.69, 9.17) is 13.9 Å². The number of para-hydroxylation sites is 1. The summed E-state index contributed by atoms with van der Waals surface area (Å²) in [5, 5.41) is 10.4. The molecule has 1 aromatic carbocycles. The van der Waals surface area contributed by atoms with Gasteiger partial charge in [0.25, 0.3) is 0 Å². The van der Waals surface area contributed by atoms with Crippen molar-refractivity contribution in [1.29, 1.82) is 0 Å². The van der Waals surface area contributed by atoms with E-state index in [1.807, 2.05) is 44.2 Å². The zero-order valence-electron chi connectivity index (χ0n) is 16.2. The van der Waals surface area contributed by atoms with Gasteiger partial charge < -0.3 is 19.0 Å². The van der Waals surface area contributed by atoms with Gasteiger partial charge in [0.05, 0.1) is 19.8 Å². The van der Waals surface area contributed by atoms with E-state index >= 15 is 0 Å². The third-order valence-electron chi connectivity index (χ3n) is 4.24. The number of carbonyl (C=O) groups is 2. The number of aliphatic hydroxyl groups is 1. The molecule has 1 heterocycles. The van der Waals surface area contributed by atoms with E-state index < -0.39 is 11.8 Å². The van der Waals surface area contributed by atoms with Gasteiger partial charge in [0, 0.05) is 17.2 Å². The predicted molar refractivity (Wildman–Crippen MR) is 101 cm³/mol. The number of ether oxygens (including phenoxy) is 2. The average Bonchev–Trinajstić information content (AvgIpc) is 3.08. The molecular weight excluding hydrogens is 348 g/mol. The van der Waals surface area contributed by atoms with Gasteiger partial charge in [-0.2, -0.15) is 0 Å². The summed E-state index contributed by atoms with van der Waals surface area (Å²) >= 11 is 0. The molecule has 27 heavy (non-hydrogen) atoms. The Bertz CT molecular complexity index is 728. The van der Waals surface area contributed by atoms with E-state index in [1.165, 1.54) is 0 Å². The molecule has 0 amide bonds. The van der Waals surface area contributed by atoms with Crippen LogP contribution in [0.15, 0.2) is 34.7 Å². The smallest absolute Gasteiger partial charge is 0.374 e. The third-order valence-corrected chi connectivity index (χ3v) is 4.24. The summed E-state index contributed by atoms with van der Waals surface area (Å²) in [7, 11) is 0. The summed E-state index contributed by atoms with van der Waals surface area (Å²) in [6, 6.07) is 9.61. The Hall–Kier alpha value is -2.18. The summed E-state index contributed by atoms with van der Waals surface area (Å²) in [5.41, 5.74) is 0.385. The molecule has 0 fully saturated rings. The van der Waals surface area contributed by atoms with Gasteiger partial charge in [0.2, 0.25) is 5.78 Å². The van der Waals surface area contributed by atoms with Crippen LogP contribution in [0, 0.1) is 5.41 Å². The maximum atomic E-state index is 11.8. The lowest BCUT2D eigenvalue weighted by molar-refractivity contribution is -0.153. The van der Waals surface area contributed by atoms with Crippen molar-refractivity contribution in [1.82, 2.24) is 0 Å². The second kappa shape index (κ2) is 9.67. The standard InChI is InChI=1S/C21H28O6/c1-4-25-20(24)16(23)9-7-11-18(26-14-21(2,3)13-22)19-12-15-8-5-6-10-17(15)27-19/h5-6,8,10,12,18,22H,4,7,9,11,13-14H2,1-3H3. The molecule has 0 bridgehead atoms. The molecule has 0 spiro atoms. The van der Waals surface area contributed by atoms with Gasteiger partial charge in [-0.15, -0.1) is 0 Å². The Morgan fingerprint density at radius 3 is 2.67 bits per heavy atom. The first kappa shape index (κ1) is 21.1. The van der Waals surface area contributed by atoms with Gasteiger partial charge in [-0.25, -0.2) is 4.79 Å². The van der Waals surface area contributed by atoms with Gasteiger partial charge in [0.15, 0.2) is 0 Å². The number of Topliss-reactive ketones (excluding diaryl/α,β-unsaturated/α-hetero) is 1. The Kier molecular flexibility index (Phi) is 7.56. The third kappa shape index (κ3) is 6.19. The van der Waals surface area contributed by atoms with Gasteiger partial charge in [-0.3, -0.25) is 4.79 Å². The molecule has 1 N–H and O–H groups in total. The van der Waals surface area contributed by atoms with E-state index in [-0.39, 0.29) is 31.2 Å². The Morgan fingerprint density at radius 2 is 2.00 bits per heavy atom. The Labute approximate surface area is 159 Å². The number of ketones is 1. The molecule has 2 aromatic rings. The molecule has 148 valence electrons. The number of aliphatic hydroxyl groups excluding tert-OH is 1. The molecule has 1 atom stereocenters. The first-order valence-electron chi connectivity index (χ1n) is 9.27. The molecule has 6 heteroatoms. The minimum absolute atomic E-state index is 0.00119. The number of fused-ring (bicyclic) bond motifs is 1. The van der Waals surface area contributed by atoms with Crippen molar-refractivity contribution in [2.45, 2.75) is 46.1 Å². The topological polar surface area (TPSA) is 86.0 Å². The minimum Gasteiger partial charge on any atom is -0.460 e. The summed E-state index contributed by atoms with van der Waals surface area (Å²) in [4.78, 5) is 23.2. The lowest BCUT2D eigenvalue weighted by Gasteiger charge is -2.25. The lowest BCUT2D eigenvalue weighted by Crippen LogP contribution is -2.25. The summed E-state index contributed by atoms with van der Waals surface area (Å²) in [6.07, 6.45) is 0.728. The number of hydrogen-bond acceptors (Lipinski definition) is 6. The van der Waals surface area contributed by atoms with Crippen LogP contribution in [-0.2, 0) is 19.1 Å². The molecule has 0 aliphatic rings. The zero-order chi connectivity index (χ0) is 19.9. The zero-order valence-corrected chi connectivity index (χ0v) is 16.2. The fourth-order valence-corrected chi connectivity index (χ4v) is 2.60. The highest BCUT2D eigenvalue weighted by Crippen LogP contribution is 2.31. The summed E-state index contributed by atoms with van der Waals surface area (Å²) in [6.45, 7) is 6.02. The molecule has 0 radical (unpaired) electrons. The van der Waals surface area contributed by atoms with Gasteiger partial charge >= 0.3 is 5.97 Å². The number of benzene rings is 1. The van der Waals surface area contributed by atoms with E-state index in [9.17, 15) is 14.7 Å². The van der Waals surface area contributed by atoms with Crippen molar-refractivity contribution in [3.05, 3.63) is 36.1 Å². The van der Waals surface area contributed by atoms with Crippen LogP contribution < -0.4 is 0 Å². The number of furan rings is 1. The molecule has 0 saturated carbocycles. The van der Waals surface area contributed by atoms with Crippen molar-refractivity contribution in [3.8, 4) is 0 Å².